The minimum absolute atomic E-state index is 0.0614. The van der Waals surface area contributed by atoms with Crippen molar-refractivity contribution in [1.82, 2.24) is 15.0 Å². The third-order valence-corrected chi connectivity index (χ3v) is 2.70. The maximum atomic E-state index is 12.3. The second kappa shape index (κ2) is 6.47. The Morgan fingerprint density at radius 2 is 2.11 bits per heavy atom. The minimum atomic E-state index is -2.87. The van der Waals surface area contributed by atoms with Crippen LogP contribution in [0.5, 0.6) is 5.75 Å². The van der Waals surface area contributed by atoms with Crippen LogP contribution in [0.15, 0.2) is 30.5 Å². The third kappa shape index (κ3) is 3.64. The summed E-state index contributed by atoms with van der Waals surface area (Å²) in [5.74, 6) is 0.601. The molecular weight excluding hydrogens is 276 g/mol. The highest BCUT2D eigenvalue weighted by atomic mass is 35.5. The number of hydrogen-bond acceptors (Lipinski definition) is 3. The molecule has 0 fully saturated rings. The van der Waals surface area contributed by atoms with E-state index in [1.54, 1.807) is 24.4 Å². The molecule has 0 aliphatic rings. The van der Waals surface area contributed by atoms with Crippen molar-refractivity contribution in [2.75, 3.05) is 5.88 Å². The van der Waals surface area contributed by atoms with Crippen molar-refractivity contribution in [3.63, 3.8) is 0 Å². The predicted molar refractivity (Wildman–Crippen MR) is 67.0 cm³/mol. The van der Waals surface area contributed by atoms with E-state index in [-0.39, 0.29) is 5.75 Å². The van der Waals surface area contributed by atoms with Crippen LogP contribution in [-0.2, 0) is 6.42 Å². The van der Waals surface area contributed by atoms with Crippen molar-refractivity contribution in [2.45, 2.75) is 19.5 Å². The van der Waals surface area contributed by atoms with Crippen LogP contribution < -0.4 is 4.74 Å². The Labute approximate surface area is 113 Å². The number of alkyl halides is 3. The lowest BCUT2D eigenvalue weighted by molar-refractivity contribution is -0.0499. The monoisotopic (exact) mass is 287 g/mol. The summed E-state index contributed by atoms with van der Waals surface area (Å²) in [6, 6.07) is 6.43. The Morgan fingerprint density at radius 1 is 1.32 bits per heavy atom. The standard InChI is InChI=1S/C12H12ClF2N3O/c13-7-3-4-9-8-18(17-16-9)10-5-1-2-6-11(10)19-12(14)15/h1-2,5-6,8,12H,3-4,7H2. The number of hydrogen-bond donors (Lipinski definition) is 0. The Morgan fingerprint density at radius 3 is 2.84 bits per heavy atom. The summed E-state index contributed by atoms with van der Waals surface area (Å²) in [7, 11) is 0. The topological polar surface area (TPSA) is 39.9 Å². The van der Waals surface area contributed by atoms with Crippen molar-refractivity contribution in [1.29, 1.82) is 0 Å². The predicted octanol–water partition coefficient (Wildman–Crippen LogP) is 3.04. The van der Waals surface area contributed by atoms with Crippen molar-refractivity contribution >= 4 is 11.6 Å². The van der Waals surface area contributed by atoms with Crippen LogP contribution in [0.3, 0.4) is 0 Å². The fourth-order valence-electron chi connectivity index (χ4n) is 1.62. The number of rotatable bonds is 6. The zero-order valence-electron chi connectivity index (χ0n) is 9.97. The lowest BCUT2D eigenvalue weighted by Crippen LogP contribution is -2.06. The summed E-state index contributed by atoms with van der Waals surface area (Å²) in [4.78, 5) is 0. The molecule has 0 atom stereocenters. The number of aryl methyl sites for hydroxylation is 1. The molecule has 0 saturated carbocycles. The van der Waals surface area contributed by atoms with Gasteiger partial charge < -0.3 is 4.74 Å². The Bertz CT molecular complexity index is 533. The molecule has 1 aromatic heterocycles. The molecule has 0 saturated heterocycles. The zero-order chi connectivity index (χ0) is 13.7. The molecule has 4 nitrogen and oxygen atoms in total. The van der Waals surface area contributed by atoms with Crippen LogP contribution in [0.25, 0.3) is 5.69 Å². The molecule has 0 N–H and O–H groups in total. The van der Waals surface area contributed by atoms with Crippen LogP contribution in [0, 0.1) is 0 Å². The molecule has 2 aromatic rings. The maximum absolute atomic E-state index is 12.3. The fraction of sp³-hybridized carbons (Fsp3) is 0.333. The van der Waals surface area contributed by atoms with E-state index in [1.807, 2.05) is 0 Å². The van der Waals surface area contributed by atoms with Gasteiger partial charge in [-0.05, 0) is 25.0 Å². The highest BCUT2D eigenvalue weighted by Crippen LogP contribution is 2.23. The number of aromatic nitrogens is 3. The van der Waals surface area contributed by atoms with Gasteiger partial charge in [-0.2, -0.15) is 8.78 Å². The van der Waals surface area contributed by atoms with Gasteiger partial charge >= 0.3 is 6.61 Å². The highest BCUT2D eigenvalue weighted by molar-refractivity contribution is 6.17. The number of halogens is 3. The smallest absolute Gasteiger partial charge is 0.387 e. The molecule has 0 amide bonds. The number of ether oxygens (including phenoxy) is 1. The highest BCUT2D eigenvalue weighted by Gasteiger charge is 2.12. The van der Waals surface area contributed by atoms with Crippen LogP contribution >= 0.6 is 11.6 Å². The van der Waals surface area contributed by atoms with Gasteiger partial charge in [0.25, 0.3) is 0 Å². The molecular formula is C12H12ClF2N3O. The molecule has 2 rings (SSSR count). The summed E-state index contributed by atoms with van der Waals surface area (Å²) in [5.41, 5.74) is 1.18. The number of benzene rings is 1. The first-order valence-electron chi connectivity index (χ1n) is 5.72. The molecule has 0 bridgehead atoms. The van der Waals surface area contributed by atoms with Crippen LogP contribution in [0.1, 0.15) is 12.1 Å². The number of para-hydroxylation sites is 2. The van der Waals surface area contributed by atoms with Crippen LogP contribution in [0.4, 0.5) is 8.78 Å². The van der Waals surface area contributed by atoms with Gasteiger partial charge in [0, 0.05) is 5.88 Å². The first-order valence-corrected chi connectivity index (χ1v) is 6.25. The minimum Gasteiger partial charge on any atom is -0.433 e. The molecule has 1 heterocycles. The van der Waals surface area contributed by atoms with E-state index < -0.39 is 6.61 Å². The van der Waals surface area contributed by atoms with Crippen molar-refractivity contribution < 1.29 is 13.5 Å². The van der Waals surface area contributed by atoms with E-state index in [1.165, 1.54) is 10.7 Å². The van der Waals surface area contributed by atoms with Crippen molar-refractivity contribution in [3.05, 3.63) is 36.2 Å². The van der Waals surface area contributed by atoms with Crippen molar-refractivity contribution in [3.8, 4) is 11.4 Å². The molecule has 0 spiro atoms. The van der Waals surface area contributed by atoms with Gasteiger partial charge in [0.1, 0.15) is 5.69 Å². The first-order chi connectivity index (χ1) is 9.20. The van der Waals surface area contributed by atoms with Gasteiger partial charge in [0.05, 0.1) is 11.9 Å². The van der Waals surface area contributed by atoms with Crippen LogP contribution in [0.2, 0.25) is 0 Å². The van der Waals surface area contributed by atoms with Gasteiger partial charge in [-0.15, -0.1) is 16.7 Å². The molecule has 102 valence electrons. The summed E-state index contributed by atoms with van der Waals surface area (Å²) in [6.45, 7) is -2.87. The summed E-state index contributed by atoms with van der Waals surface area (Å²) in [6.07, 6.45) is 3.16. The quantitative estimate of drug-likeness (QED) is 0.767. The SMILES string of the molecule is FC(F)Oc1ccccc1-n1cc(CCCCl)nn1. The molecule has 19 heavy (non-hydrogen) atoms. The normalized spacial score (nSPS) is 10.9. The number of nitrogens with zero attached hydrogens (tertiary/aromatic N) is 3. The van der Waals surface area contributed by atoms with E-state index in [0.717, 1.165) is 12.1 Å². The fourth-order valence-corrected chi connectivity index (χ4v) is 1.75. The van der Waals surface area contributed by atoms with Gasteiger partial charge in [-0.3, -0.25) is 0 Å². The Balaban J connectivity index is 2.23. The second-order valence-corrected chi connectivity index (χ2v) is 4.17. The lowest BCUT2D eigenvalue weighted by atomic mass is 10.2. The summed E-state index contributed by atoms with van der Waals surface area (Å²) < 4.78 is 30.5. The van der Waals surface area contributed by atoms with Gasteiger partial charge in [0.15, 0.2) is 5.75 Å². The second-order valence-electron chi connectivity index (χ2n) is 3.79. The Hall–Kier alpha value is -1.69. The lowest BCUT2D eigenvalue weighted by Gasteiger charge is -2.09. The van der Waals surface area contributed by atoms with Gasteiger partial charge in [0.2, 0.25) is 0 Å². The summed E-state index contributed by atoms with van der Waals surface area (Å²) >= 11 is 5.60. The zero-order valence-corrected chi connectivity index (χ0v) is 10.7. The first kappa shape index (κ1) is 13.7. The molecule has 0 unspecified atom stereocenters. The maximum Gasteiger partial charge on any atom is 0.387 e. The third-order valence-electron chi connectivity index (χ3n) is 2.44. The van der Waals surface area contributed by atoms with E-state index in [2.05, 4.69) is 15.0 Å². The van der Waals surface area contributed by atoms with Crippen molar-refractivity contribution in [2.24, 2.45) is 0 Å². The molecule has 0 radical (unpaired) electrons. The van der Waals surface area contributed by atoms with E-state index in [0.29, 0.717) is 18.0 Å². The van der Waals surface area contributed by atoms with Gasteiger partial charge in [-0.1, -0.05) is 17.3 Å². The van der Waals surface area contributed by atoms with Crippen LogP contribution in [-0.4, -0.2) is 27.5 Å². The van der Waals surface area contributed by atoms with Gasteiger partial charge in [-0.25, -0.2) is 4.68 Å². The largest absolute Gasteiger partial charge is 0.433 e. The Kier molecular flexibility index (Phi) is 4.68. The molecule has 0 aliphatic heterocycles. The van der Waals surface area contributed by atoms with E-state index >= 15 is 0 Å². The van der Waals surface area contributed by atoms with E-state index in [9.17, 15) is 8.78 Å². The molecule has 0 aliphatic carbocycles. The molecule has 7 heteroatoms. The average Bonchev–Trinajstić information content (AvgIpc) is 2.85. The average molecular weight is 288 g/mol. The summed E-state index contributed by atoms with van der Waals surface area (Å²) in [5, 5.41) is 7.87. The molecule has 1 aromatic carbocycles. The van der Waals surface area contributed by atoms with E-state index in [4.69, 9.17) is 11.6 Å².